The molecule has 2 aliphatic rings. The van der Waals surface area contributed by atoms with Crippen molar-refractivity contribution in [3.8, 4) is 5.75 Å². The highest BCUT2D eigenvalue weighted by Crippen LogP contribution is 2.44. The van der Waals surface area contributed by atoms with Gasteiger partial charge in [0.05, 0.1) is 12.9 Å². The summed E-state index contributed by atoms with van der Waals surface area (Å²) in [5, 5.41) is 0.736. The molecular formula is C13H15ClN2O. The third kappa shape index (κ3) is 2.55. The molecule has 1 aliphatic heterocycles. The number of halogens is 1. The average molecular weight is 251 g/mol. The highest BCUT2D eigenvalue weighted by atomic mass is 35.5. The number of hydrogen-bond donors (Lipinski definition) is 0. The fourth-order valence-corrected chi connectivity index (χ4v) is 2.19. The number of hydrogen-bond acceptors (Lipinski definition) is 3. The monoisotopic (exact) mass is 250 g/mol. The largest absolute Gasteiger partial charge is 0.473 e. The van der Waals surface area contributed by atoms with Gasteiger partial charge in [-0.2, -0.15) is 0 Å². The third-order valence-corrected chi connectivity index (χ3v) is 3.38. The molecule has 0 amide bonds. The first kappa shape index (κ1) is 10.9. The van der Waals surface area contributed by atoms with Crippen LogP contribution in [0.2, 0.25) is 5.02 Å². The molecule has 0 radical (unpaired) electrons. The first-order valence-corrected chi connectivity index (χ1v) is 6.37. The summed E-state index contributed by atoms with van der Waals surface area (Å²) < 4.78 is 5.85. The predicted octanol–water partition coefficient (Wildman–Crippen LogP) is 2.90. The van der Waals surface area contributed by atoms with Crippen molar-refractivity contribution < 1.29 is 4.74 Å². The molecule has 1 heterocycles. The van der Waals surface area contributed by atoms with E-state index in [0.717, 1.165) is 23.9 Å². The van der Waals surface area contributed by atoms with Crippen LogP contribution in [0.15, 0.2) is 23.2 Å². The normalized spacial score (nSPS) is 18.8. The van der Waals surface area contributed by atoms with E-state index >= 15 is 0 Å². The van der Waals surface area contributed by atoms with Crippen molar-refractivity contribution in [2.45, 2.75) is 18.8 Å². The fourth-order valence-electron chi connectivity index (χ4n) is 2.03. The maximum absolute atomic E-state index is 6.02. The van der Waals surface area contributed by atoms with E-state index in [0.29, 0.717) is 12.6 Å². The molecule has 3 nitrogen and oxygen atoms in total. The van der Waals surface area contributed by atoms with E-state index in [1.165, 1.54) is 18.4 Å². The van der Waals surface area contributed by atoms with Gasteiger partial charge in [0.25, 0.3) is 0 Å². The van der Waals surface area contributed by atoms with Gasteiger partial charge in [0.2, 0.25) is 0 Å². The smallest absolute Gasteiger partial charge is 0.162 e. The Morgan fingerprint density at radius 3 is 3.00 bits per heavy atom. The van der Waals surface area contributed by atoms with Gasteiger partial charge in [-0.1, -0.05) is 17.7 Å². The van der Waals surface area contributed by atoms with E-state index in [4.69, 9.17) is 16.3 Å². The molecule has 0 spiro atoms. The van der Waals surface area contributed by atoms with Crippen molar-refractivity contribution in [3.05, 3.63) is 28.8 Å². The Bertz CT molecular complexity index is 443. The van der Waals surface area contributed by atoms with E-state index in [1.807, 2.05) is 18.5 Å². The molecule has 1 fully saturated rings. The Kier molecular flexibility index (Phi) is 2.93. The number of rotatable bonds is 4. The molecule has 0 aromatic heterocycles. The van der Waals surface area contributed by atoms with E-state index in [2.05, 4.69) is 16.0 Å². The van der Waals surface area contributed by atoms with E-state index < -0.39 is 0 Å². The van der Waals surface area contributed by atoms with Crippen LogP contribution in [0.5, 0.6) is 5.75 Å². The van der Waals surface area contributed by atoms with Gasteiger partial charge in [0.15, 0.2) is 6.73 Å². The zero-order valence-corrected chi connectivity index (χ0v) is 10.4. The summed E-state index contributed by atoms with van der Waals surface area (Å²) in [6.45, 7) is 2.37. The van der Waals surface area contributed by atoms with Crippen molar-refractivity contribution >= 4 is 17.9 Å². The molecule has 0 unspecified atom stereocenters. The summed E-state index contributed by atoms with van der Waals surface area (Å²) >= 11 is 6.02. The zero-order chi connectivity index (χ0) is 11.7. The molecule has 90 valence electrons. The number of ether oxygens (including phenoxy) is 1. The standard InChI is InChI=1S/C13H15ClN2O/c14-11-3-4-12(10-1-2-10)13(7-11)17-9-16-6-5-15-8-16/h3-4,7-8,10H,1-2,5-6,9H2. The van der Waals surface area contributed by atoms with Crippen molar-refractivity contribution in [1.82, 2.24) is 4.90 Å². The summed E-state index contributed by atoms with van der Waals surface area (Å²) in [5.41, 5.74) is 1.30. The van der Waals surface area contributed by atoms with Crippen LogP contribution in [0, 0.1) is 0 Å². The van der Waals surface area contributed by atoms with Crippen LogP contribution in [0.3, 0.4) is 0 Å². The van der Waals surface area contributed by atoms with Crippen molar-refractivity contribution in [2.75, 3.05) is 19.8 Å². The molecule has 17 heavy (non-hydrogen) atoms. The van der Waals surface area contributed by atoms with Crippen molar-refractivity contribution in [2.24, 2.45) is 4.99 Å². The first-order chi connectivity index (χ1) is 8.33. The van der Waals surface area contributed by atoms with E-state index in [-0.39, 0.29) is 0 Å². The topological polar surface area (TPSA) is 24.8 Å². The molecule has 1 aliphatic carbocycles. The highest BCUT2D eigenvalue weighted by molar-refractivity contribution is 6.30. The summed E-state index contributed by atoms with van der Waals surface area (Å²) in [5.74, 6) is 1.61. The quantitative estimate of drug-likeness (QED) is 0.821. The van der Waals surface area contributed by atoms with Crippen LogP contribution >= 0.6 is 11.6 Å². The molecule has 0 bridgehead atoms. The van der Waals surface area contributed by atoms with Crippen molar-refractivity contribution in [3.63, 3.8) is 0 Å². The second kappa shape index (κ2) is 4.57. The average Bonchev–Trinajstić information content (AvgIpc) is 3.03. The Hall–Kier alpha value is -1.22. The molecule has 4 heteroatoms. The Balaban J connectivity index is 1.71. The van der Waals surface area contributed by atoms with Gasteiger partial charge in [0, 0.05) is 11.6 Å². The molecule has 1 aromatic carbocycles. The SMILES string of the molecule is Clc1ccc(C2CC2)c(OCN2C=NCC2)c1. The molecule has 3 rings (SSSR count). The molecular weight excluding hydrogens is 236 g/mol. The molecule has 0 atom stereocenters. The summed E-state index contributed by atoms with van der Waals surface area (Å²) in [6.07, 6.45) is 4.38. The summed E-state index contributed by atoms with van der Waals surface area (Å²) in [6, 6.07) is 5.95. The summed E-state index contributed by atoms with van der Waals surface area (Å²) in [7, 11) is 0. The lowest BCUT2D eigenvalue weighted by Gasteiger charge is -2.17. The van der Waals surface area contributed by atoms with Crippen molar-refractivity contribution in [1.29, 1.82) is 0 Å². The minimum Gasteiger partial charge on any atom is -0.473 e. The minimum atomic E-state index is 0.559. The lowest BCUT2D eigenvalue weighted by atomic mass is 10.1. The van der Waals surface area contributed by atoms with Gasteiger partial charge in [-0.25, -0.2) is 0 Å². The lowest BCUT2D eigenvalue weighted by Crippen LogP contribution is -2.25. The van der Waals surface area contributed by atoms with Gasteiger partial charge < -0.3 is 9.64 Å². The Labute approximate surface area is 106 Å². The van der Waals surface area contributed by atoms with Crippen LogP contribution < -0.4 is 4.74 Å². The van der Waals surface area contributed by atoms with E-state index in [9.17, 15) is 0 Å². The third-order valence-electron chi connectivity index (χ3n) is 3.14. The zero-order valence-electron chi connectivity index (χ0n) is 9.60. The van der Waals surface area contributed by atoms with E-state index in [1.54, 1.807) is 0 Å². The lowest BCUT2D eigenvalue weighted by molar-refractivity contribution is 0.204. The van der Waals surface area contributed by atoms with Gasteiger partial charge in [0.1, 0.15) is 5.75 Å². The fraction of sp³-hybridized carbons (Fsp3) is 0.462. The second-order valence-electron chi connectivity index (χ2n) is 4.56. The van der Waals surface area contributed by atoms with Crippen LogP contribution in [-0.2, 0) is 0 Å². The number of aliphatic imine (C=N–C) groups is 1. The van der Waals surface area contributed by atoms with Crippen LogP contribution in [0.1, 0.15) is 24.3 Å². The van der Waals surface area contributed by atoms with Crippen LogP contribution in [0.25, 0.3) is 0 Å². The van der Waals surface area contributed by atoms with Gasteiger partial charge in [-0.3, -0.25) is 4.99 Å². The number of benzene rings is 1. The number of nitrogens with zero attached hydrogens (tertiary/aromatic N) is 2. The highest BCUT2D eigenvalue weighted by Gasteiger charge is 2.27. The van der Waals surface area contributed by atoms with Gasteiger partial charge in [-0.05, 0) is 36.5 Å². The maximum atomic E-state index is 6.02. The first-order valence-electron chi connectivity index (χ1n) is 5.99. The second-order valence-corrected chi connectivity index (χ2v) is 5.00. The summed E-state index contributed by atoms with van der Waals surface area (Å²) in [4.78, 5) is 6.23. The van der Waals surface area contributed by atoms with Crippen LogP contribution in [-0.4, -0.2) is 31.1 Å². The Morgan fingerprint density at radius 2 is 2.29 bits per heavy atom. The molecule has 1 saturated carbocycles. The Morgan fingerprint density at radius 1 is 1.41 bits per heavy atom. The van der Waals surface area contributed by atoms with Crippen LogP contribution in [0.4, 0.5) is 0 Å². The van der Waals surface area contributed by atoms with Gasteiger partial charge in [-0.15, -0.1) is 0 Å². The molecule has 0 saturated heterocycles. The molecule has 1 aromatic rings. The molecule has 0 N–H and O–H groups in total. The van der Waals surface area contributed by atoms with Gasteiger partial charge >= 0.3 is 0 Å². The predicted molar refractivity (Wildman–Crippen MR) is 69.0 cm³/mol. The maximum Gasteiger partial charge on any atom is 0.162 e. The minimum absolute atomic E-state index is 0.559.